The van der Waals surface area contributed by atoms with Crippen LogP contribution in [0.3, 0.4) is 0 Å². The molecule has 0 amide bonds. The maximum atomic E-state index is 12.1. The van der Waals surface area contributed by atoms with E-state index < -0.39 is 7.32 Å². The Hall–Kier alpha value is -5.56. The van der Waals surface area contributed by atoms with Gasteiger partial charge in [-0.1, -0.05) is 104 Å². The SMILES string of the molecule is CCO[n+]1ccccc1C(=O)OC1CCCCC1.CCO[n+]1ccccc1C(=O)OC1CCCCC1.[O-]B([O-])OCCCC(c1ccccc1)(c1ccccc1)c1ccccc1. The van der Waals surface area contributed by atoms with Crippen LogP contribution < -0.4 is 29.2 Å². The van der Waals surface area contributed by atoms with Gasteiger partial charge in [0.15, 0.2) is 13.2 Å². The summed E-state index contributed by atoms with van der Waals surface area (Å²) in [6.07, 6.45) is 16.0. The van der Waals surface area contributed by atoms with Crippen LogP contribution in [0.5, 0.6) is 0 Å². The number of carbonyl (C=O) groups is 2. The molecule has 0 radical (unpaired) electrons. The first-order valence-electron chi connectivity index (χ1n) is 22.1. The van der Waals surface area contributed by atoms with E-state index >= 15 is 0 Å². The van der Waals surface area contributed by atoms with Crippen LogP contribution in [0.15, 0.2) is 140 Å². The minimum absolute atomic E-state index is 0.0709. The number of pyridine rings is 2. The molecule has 11 nitrogen and oxygen atoms in total. The Morgan fingerprint density at radius 1 is 0.565 bits per heavy atom. The molecule has 5 aromatic rings. The predicted octanol–water partition coefficient (Wildman–Crippen LogP) is 6.35. The van der Waals surface area contributed by atoms with E-state index in [1.54, 1.807) is 24.5 Å². The molecule has 0 atom stereocenters. The minimum atomic E-state index is -2.23. The number of carbonyl (C=O) groups excluding carboxylic acids is 2. The largest absolute Gasteiger partial charge is 0.871 e. The summed E-state index contributed by atoms with van der Waals surface area (Å²) in [6.45, 7) is 4.95. The maximum absolute atomic E-state index is 12.1. The van der Waals surface area contributed by atoms with Crippen LogP contribution in [-0.2, 0) is 19.5 Å². The molecule has 0 aliphatic heterocycles. The van der Waals surface area contributed by atoms with Gasteiger partial charge in [0.25, 0.3) is 0 Å². The quantitative estimate of drug-likeness (QED) is 0.0367. The minimum Gasteiger partial charge on any atom is -0.871 e. The van der Waals surface area contributed by atoms with Gasteiger partial charge in [-0.05, 0) is 107 Å². The fourth-order valence-electron chi connectivity index (χ4n) is 8.08. The zero-order chi connectivity index (χ0) is 43.8. The molecule has 62 heavy (non-hydrogen) atoms. The second-order valence-corrected chi connectivity index (χ2v) is 15.3. The van der Waals surface area contributed by atoms with E-state index in [0.717, 1.165) is 57.8 Å². The number of ether oxygens (including phenoxy) is 2. The molecular weight excluding hydrogens is 783 g/mol. The van der Waals surface area contributed by atoms with Crippen LogP contribution >= 0.6 is 0 Å². The van der Waals surface area contributed by atoms with Crippen molar-refractivity contribution in [3.05, 3.63) is 168 Å². The molecular formula is C50H61BN2O9. The zero-order valence-corrected chi connectivity index (χ0v) is 36.2. The number of esters is 2. The van der Waals surface area contributed by atoms with Gasteiger partial charge in [-0.3, -0.25) is 9.68 Å². The Balaban J connectivity index is 0.000000181. The van der Waals surface area contributed by atoms with Gasteiger partial charge in [-0.25, -0.2) is 9.59 Å². The van der Waals surface area contributed by atoms with Crippen LogP contribution in [-0.4, -0.2) is 51.3 Å². The first kappa shape index (κ1) is 47.5. The van der Waals surface area contributed by atoms with E-state index in [2.05, 4.69) is 36.4 Å². The molecule has 2 saturated carbocycles. The highest BCUT2D eigenvalue weighted by molar-refractivity contribution is 6.28. The van der Waals surface area contributed by atoms with Crippen molar-refractivity contribution >= 4 is 19.3 Å². The molecule has 0 unspecified atom stereocenters. The van der Waals surface area contributed by atoms with Gasteiger partial charge < -0.3 is 24.2 Å². The molecule has 12 heteroatoms. The normalized spacial score (nSPS) is 14.2. The molecule has 2 aromatic heterocycles. The highest BCUT2D eigenvalue weighted by atomic mass is 16.7. The van der Waals surface area contributed by atoms with Crippen LogP contribution in [0.2, 0.25) is 0 Å². The smallest absolute Gasteiger partial charge is 0.408 e. The summed E-state index contributed by atoms with van der Waals surface area (Å²) in [4.78, 5) is 34.9. The van der Waals surface area contributed by atoms with Crippen molar-refractivity contribution in [3.8, 4) is 0 Å². The van der Waals surface area contributed by atoms with E-state index in [-0.39, 0.29) is 36.2 Å². The van der Waals surface area contributed by atoms with Crippen LogP contribution in [0.25, 0.3) is 0 Å². The van der Waals surface area contributed by atoms with Crippen LogP contribution in [0, 0.1) is 0 Å². The van der Waals surface area contributed by atoms with Gasteiger partial charge in [-0.2, -0.15) is 0 Å². The number of benzene rings is 3. The Morgan fingerprint density at radius 2 is 0.935 bits per heavy atom. The van der Waals surface area contributed by atoms with Crippen molar-refractivity contribution in [3.63, 3.8) is 0 Å². The third-order valence-corrected chi connectivity index (χ3v) is 11.0. The van der Waals surface area contributed by atoms with Crippen molar-refractivity contribution < 1.29 is 52.9 Å². The average molecular weight is 845 g/mol. The van der Waals surface area contributed by atoms with Crippen molar-refractivity contribution in [1.82, 2.24) is 0 Å². The summed E-state index contributed by atoms with van der Waals surface area (Å²) < 4.78 is 18.7. The summed E-state index contributed by atoms with van der Waals surface area (Å²) in [5, 5.41) is 21.4. The third-order valence-electron chi connectivity index (χ3n) is 11.0. The highest BCUT2D eigenvalue weighted by Crippen LogP contribution is 2.43. The molecule has 0 spiro atoms. The molecule has 3 aromatic carbocycles. The Labute approximate surface area is 367 Å². The first-order chi connectivity index (χ1) is 30.3. The standard InChI is InChI=1S/C22H21BO3.2C14H20NO3/c24-23(25)26-18-10-17-22(19-11-4-1-5-12-19,20-13-6-2-7-14-20)21-15-8-3-9-16-21;2*1-2-17-15-11-7-6-10-13(15)14(16)18-12-8-4-3-5-9-12/h1-9,11-16H,10,17-18H2;2*6-7,10-12H,2-5,8-9H2,1H3/q-2;2*+1. The topological polar surface area (TPSA) is 134 Å². The Bertz CT molecular complexity index is 1850. The lowest BCUT2D eigenvalue weighted by Crippen LogP contribution is -2.48. The second-order valence-electron chi connectivity index (χ2n) is 15.3. The fourth-order valence-corrected chi connectivity index (χ4v) is 8.08. The number of hydrogen-bond donors (Lipinski definition) is 0. The summed E-state index contributed by atoms with van der Waals surface area (Å²) in [7, 11) is -2.23. The monoisotopic (exact) mass is 844 g/mol. The molecule has 2 aliphatic carbocycles. The summed E-state index contributed by atoms with van der Waals surface area (Å²) in [6, 6.07) is 41.8. The molecule has 0 N–H and O–H groups in total. The van der Waals surface area contributed by atoms with Crippen molar-refractivity contribution in [2.24, 2.45) is 0 Å². The van der Waals surface area contributed by atoms with E-state index in [1.807, 2.05) is 92.7 Å². The molecule has 2 aliphatic rings. The van der Waals surface area contributed by atoms with Crippen molar-refractivity contribution in [2.75, 3.05) is 19.8 Å². The molecule has 0 saturated heterocycles. The maximum Gasteiger partial charge on any atom is 0.408 e. The van der Waals surface area contributed by atoms with Gasteiger partial charge >= 0.3 is 23.3 Å². The highest BCUT2D eigenvalue weighted by Gasteiger charge is 2.35. The van der Waals surface area contributed by atoms with E-state index in [4.69, 9.17) is 23.8 Å². The summed E-state index contributed by atoms with van der Waals surface area (Å²) in [5.41, 5.74) is 4.07. The van der Waals surface area contributed by atoms with E-state index in [0.29, 0.717) is 31.0 Å². The van der Waals surface area contributed by atoms with Gasteiger partial charge in [0.2, 0.25) is 12.4 Å². The van der Waals surface area contributed by atoms with Gasteiger partial charge in [-0.15, -0.1) is 0 Å². The molecule has 0 bridgehead atoms. The Kier molecular flexibility index (Phi) is 19.9. The van der Waals surface area contributed by atoms with Crippen molar-refractivity contribution in [2.45, 2.75) is 109 Å². The van der Waals surface area contributed by atoms with E-state index in [9.17, 15) is 19.6 Å². The zero-order valence-electron chi connectivity index (χ0n) is 36.2. The first-order valence-corrected chi connectivity index (χ1v) is 22.1. The van der Waals surface area contributed by atoms with Crippen LogP contribution in [0.4, 0.5) is 0 Å². The second kappa shape index (κ2) is 26.0. The number of hydrogen-bond acceptors (Lipinski definition) is 9. The lowest BCUT2D eigenvalue weighted by atomic mass is 9.67. The fraction of sp³-hybridized carbons (Fsp3) is 0.400. The van der Waals surface area contributed by atoms with Gasteiger partial charge in [0, 0.05) is 45.7 Å². The molecule has 2 heterocycles. The number of aromatic nitrogens is 2. The van der Waals surface area contributed by atoms with E-state index in [1.165, 1.54) is 39.0 Å². The van der Waals surface area contributed by atoms with Gasteiger partial charge in [0.05, 0.1) is 7.32 Å². The summed E-state index contributed by atoms with van der Waals surface area (Å²) in [5.74, 6) is -0.591. The number of rotatable bonds is 16. The molecule has 2 fully saturated rings. The average Bonchev–Trinajstić information content (AvgIpc) is 3.31. The molecule has 7 rings (SSSR count). The third kappa shape index (κ3) is 14.3. The lowest BCUT2D eigenvalue weighted by molar-refractivity contribution is -0.892. The summed E-state index contributed by atoms with van der Waals surface area (Å²) >= 11 is 0. The number of nitrogens with zero attached hydrogens (tertiary/aromatic N) is 2. The molecule has 328 valence electrons. The lowest BCUT2D eigenvalue weighted by Gasteiger charge is -2.37. The Morgan fingerprint density at radius 3 is 1.29 bits per heavy atom. The predicted molar refractivity (Wildman–Crippen MR) is 232 cm³/mol. The van der Waals surface area contributed by atoms with Crippen molar-refractivity contribution in [1.29, 1.82) is 0 Å². The van der Waals surface area contributed by atoms with Gasteiger partial charge in [0.1, 0.15) is 12.2 Å². The van der Waals surface area contributed by atoms with Crippen LogP contribution in [0.1, 0.15) is 129 Å².